The number of amides is 1. The molecule has 0 bridgehead atoms. The van der Waals surface area contributed by atoms with Crippen LogP contribution in [0, 0.1) is 6.92 Å². The molecule has 6 nitrogen and oxygen atoms in total. The van der Waals surface area contributed by atoms with Gasteiger partial charge in [-0.1, -0.05) is 18.2 Å². The molecule has 0 aliphatic carbocycles. The second-order valence-corrected chi connectivity index (χ2v) is 5.74. The van der Waals surface area contributed by atoms with Gasteiger partial charge in [-0.2, -0.15) is 0 Å². The van der Waals surface area contributed by atoms with E-state index >= 15 is 0 Å². The smallest absolute Gasteiger partial charge is 0.226 e. The summed E-state index contributed by atoms with van der Waals surface area (Å²) in [5, 5.41) is 6.32. The predicted octanol–water partition coefficient (Wildman–Crippen LogP) is 1.56. The number of carbonyl (C=O) groups excluding carboxylic acids is 1. The van der Waals surface area contributed by atoms with Gasteiger partial charge in [0.25, 0.3) is 0 Å². The van der Waals surface area contributed by atoms with Gasteiger partial charge in [-0.05, 0) is 18.6 Å². The van der Waals surface area contributed by atoms with E-state index in [1.54, 1.807) is 6.20 Å². The summed E-state index contributed by atoms with van der Waals surface area (Å²) in [6.07, 6.45) is 4.14. The standard InChI is InChI=1S/C17H22N4O2/c1-13-18-6-8-21(13)11-14-4-2-3-5-16(14)20-17(22)10-15-12-23-9-7-19-15/h2-6,8,15,19H,7,9-12H2,1H3,(H,20,22). The summed E-state index contributed by atoms with van der Waals surface area (Å²) in [6, 6.07) is 7.96. The van der Waals surface area contributed by atoms with E-state index in [1.165, 1.54) is 0 Å². The zero-order chi connectivity index (χ0) is 16.1. The first-order valence-electron chi connectivity index (χ1n) is 7.89. The minimum Gasteiger partial charge on any atom is -0.378 e. The number of benzene rings is 1. The molecule has 1 saturated heterocycles. The number of aryl methyl sites for hydroxylation is 1. The number of ether oxygens (including phenoxy) is 1. The van der Waals surface area contributed by atoms with Crippen molar-refractivity contribution in [1.29, 1.82) is 0 Å². The maximum Gasteiger partial charge on any atom is 0.226 e. The van der Waals surface area contributed by atoms with Gasteiger partial charge in [-0.25, -0.2) is 4.98 Å². The number of hydrogen-bond donors (Lipinski definition) is 2. The van der Waals surface area contributed by atoms with E-state index in [2.05, 4.69) is 20.2 Å². The molecule has 0 spiro atoms. The lowest BCUT2D eigenvalue weighted by molar-refractivity contribution is -0.117. The van der Waals surface area contributed by atoms with Gasteiger partial charge in [-0.15, -0.1) is 0 Å². The predicted molar refractivity (Wildman–Crippen MR) is 88.4 cm³/mol. The molecule has 2 heterocycles. The lowest BCUT2D eigenvalue weighted by Gasteiger charge is -2.23. The van der Waals surface area contributed by atoms with E-state index < -0.39 is 0 Å². The van der Waals surface area contributed by atoms with E-state index in [4.69, 9.17) is 4.74 Å². The van der Waals surface area contributed by atoms with Gasteiger partial charge in [0.05, 0.1) is 19.8 Å². The highest BCUT2D eigenvalue weighted by molar-refractivity contribution is 5.91. The third kappa shape index (κ3) is 4.18. The van der Waals surface area contributed by atoms with Crippen molar-refractivity contribution in [2.75, 3.05) is 25.1 Å². The Hall–Kier alpha value is -2.18. The second kappa shape index (κ2) is 7.39. The van der Waals surface area contributed by atoms with Gasteiger partial charge in [0.1, 0.15) is 5.82 Å². The Morgan fingerprint density at radius 1 is 1.48 bits per heavy atom. The van der Waals surface area contributed by atoms with Crippen LogP contribution < -0.4 is 10.6 Å². The number of morpholine rings is 1. The summed E-state index contributed by atoms with van der Waals surface area (Å²) in [5.74, 6) is 0.956. The highest BCUT2D eigenvalue weighted by Gasteiger charge is 2.17. The Morgan fingerprint density at radius 2 is 2.35 bits per heavy atom. The summed E-state index contributed by atoms with van der Waals surface area (Å²) in [5.41, 5.74) is 1.91. The number of nitrogens with zero attached hydrogens (tertiary/aromatic N) is 2. The molecule has 2 N–H and O–H groups in total. The van der Waals surface area contributed by atoms with Crippen LogP contribution in [0.25, 0.3) is 0 Å². The third-order valence-electron chi connectivity index (χ3n) is 3.99. The average molecular weight is 314 g/mol. The molecule has 1 unspecified atom stereocenters. The normalized spacial score (nSPS) is 17.9. The monoisotopic (exact) mass is 314 g/mol. The minimum atomic E-state index is 0.00260. The van der Waals surface area contributed by atoms with Crippen LogP contribution in [0.15, 0.2) is 36.7 Å². The van der Waals surface area contributed by atoms with Gasteiger partial charge in [0, 0.05) is 37.1 Å². The molecule has 23 heavy (non-hydrogen) atoms. The van der Waals surface area contributed by atoms with Crippen LogP contribution >= 0.6 is 0 Å². The second-order valence-electron chi connectivity index (χ2n) is 5.74. The largest absolute Gasteiger partial charge is 0.378 e. The molecular formula is C17H22N4O2. The summed E-state index contributed by atoms with van der Waals surface area (Å²) in [6.45, 7) is 4.76. The molecule has 6 heteroatoms. The van der Waals surface area contributed by atoms with Gasteiger partial charge in [0.15, 0.2) is 0 Å². The molecule has 0 saturated carbocycles. The first-order chi connectivity index (χ1) is 11.2. The molecule has 0 radical (unpaired) electrons. The van der Waals surface area contributed by atoms with Crippen LogP contribution in [0.2, 0.25) is 0 Å². The van der Waals surface area contributed by atoms with E-state index in [0.29, 0.717) is 26.2 Å². The number of carbonyl (C=O) groups is 1. The highest BCUT2D eigenvalue weighted by Crippen LogP contribution is 2.17. The van der Waals surface area contributed by atoms with E-state index in [-0.39, 0.29) is 11.9 Å². The summed E-state index contributed by atoms with van der Waals surface area (Å²) >= 11 is 0. The van der Waals surface area contributed by atoms with Crippen molar-refractivity contribution in [1.82, 2.24) is 14.9 Å². The SMILES string of the molecule is Cc1nccn1Cc1ccccc1NC(=O)CC1COCCN1. The maximum absolute atomic E-state index is 12.3. The molecule has 2 aromatic rings. The lowest BCUT2D eigenvalue weighted by Crippen LogP contribution is -2.43. The average Bonchev–Trinajstić information content (AvgIpc) is 2.95. The van der Waals surface area contributed by atoms with Crippen LogP contribution in [-0.2, 0) is 16.1 Å². The van der Waals surface area contributed by atoms with Crippen LogP contribution in [0.3, 0.4) is 0 Å². The third-order valence-corrected chi connectivity index (χ3v) is 3.99. The Morgan fingerprint density at radius 3 is 3.09 bits per heavy atom. The number of imidazole rings is 1. The van der Waals surface area contributed by atoms with Crippen molar-refractivity contribution in [3.63, 3.8) is 0 Å². The van der Waals surface area contributed by atoms with E-state index in [9.17, 15) is 4.79 Å². The van der Waals surface area contributed by atoms with Crippen molar-refractivity contribution in [3.8, 4) is 0 Å². The summed E-state index contributed by atoms with van der Waals surface area (Å²) in [7, 11) is 0. The lowest BCUT2D eigenvalue weighted by atomic mass is 10.1. The fourth-order valence-electron chi connectivity index (χ4n) is 2.71. The highest BCUT2D eigenvalue weighted by atomic mass is 16.5. The molecule has 1 aliphatic rings. The van der Waals surface area contributed by atoms with Crippen LogP contribution in [0.4, 0.5) is 5.69 Å². The Balaban J connectivity index is 1.65. The molecule has 1 fully saturated rings. The van der Waals surface area contributed by atoms with Crippen molar-refractivity contribution < 1.29 is 9.53 Å². The number of anilines is 1. The fraction of sp³-hybridized carbons (Fsp3) is 0.412. The zero-order valence-corrected chi connectivity index (χ0v) is 13.3. The number of para-hydroxylation sites is 1. The Kier molecular flexibility index (Phi) is 5.05. The van der Waals surface area contributed by atoms with Gasteiger partial charge in [-0.3, -0.25) is 4.79 Å². The number of rotatable bonds is 5. The molecule has 1 aromatic heterocycles. The Bertz CT molecular complexity index is 662. The number of aromatic nitrogens is 2. The minimum absolute atomic E-state index is 0.00260. The molecule has 1 aliphatic heterocycles. The van der Waals surface area contributed by atoms with E-state index in [0.717, 1.165) is 23.6 Å². The van der Waals surface area contributed by atoms with Crippen LogP contribution in [0.5, 0.6) is 0 Å². The molecule has 1 amide bonds. The van der Waals surface area contributed by atoms with Crippen molar-refractivity contribution in [2.45, 2.75) is 25.9 Å². The molecular weight excluding hydrogens is 292 g/mol. The summed E-state index contributed by atoms with van der Waals surface area (Å²) < 4.78 is 7.44. The molecule has 1 aromatic carbocycles. The first kappa shape index (κ1) is 15.7. The molecule has 3 rings (SSSR count). The van der Waals surface area contributed by atoms with Crippen LogP contribution in [0.1, 0.15) is 17.8 Å². The number of nitrogens with one attached hydrogen (secondary N) is 2. The van der Waals surface area contributed by atoms with Gasteiger partial charge < -0.3 is 19.9 Å². The van der Waals surface area contributed by atoms with Crippen molar-refractivity contribution in [2.24, 2.45) is 0 Å². The quantitative estimate of drug-likeness (QED) is 0.879. The molecule has 122 valence electrons. The van der Waals surface area contributed by atoms with Crippen molar-refractivity contribution in [3.05, 3.63) is 48.0 Å². The molecule has 1 atom stereocenters. The Labute approximate surface area is 135 Å². The zero-order valence-electron chi connectivity index (χ0n) is 13.3. The fourth-order valence-corrected chi connectivity index (χ4v) is 2.71. The number of hydrogen-bond acceptors (Lipinski definition) is 4. The van der Waals surface area contributed by atoms with Crippen LogP contribution in [-0.4, -0.2) is 41.3 Å². The van der Waals surface area contributed by atoms with E-state index in [1.807, 2.05) is 37.4 Å². The summed E-state index contributed by atoms with van der Waals surface area (Å²) in [4.78, 5) is 16.5. The van der Waals surface area contributed by atoms with Gasteiger partial charge in [0.2, 0.25) is 5.91 Å². The maximum atomic E-state index is 12.3. The first-order valence-corrected chi connectivity index (χ1v) is 7.89. The van der Waals surface area contributed by atoms with Crippen molar-refractivity contribution >= 4 is 11.6 Å². The van der Waals surface area contributed by atoms with Gasteiger partial charge >= 0.3 is 0 Å². The topological polar surface area (TPSA) is 68.2 Å².